The van der Waals surface area contributed by atoms with E-state index in [0.717, 1.165) is 31.6 Å². The van der Waals surface area contributed by atoms with Crippen molar-refractivity contribution in [3.63, 3.8) is 0 Å². The molecule has 6 heteroatoms. The van der Waals surface area contributed by atoms with E-state index in [0.29, 0.717) is 24.9 Å². The van der Waals surface area contributed by atoms with Gasteiger partial charge < -0.3 is 15.0 Å². The third-order valence-electron chi connectivity index (χ3n) is 3.49. The van der Waals surface area contributed by atoms with Gasteiger partial charge in [-0.05, 0) is 25.0 Å². The summed E-state index contributed by atoms with van der Waals surface area (Å²) < 4.78 is 5.32. The number of benzene rings is 1. The molecule has 0 aromatic heterocycles. The molecule has 2 fully saturated rings. The van der Waals surface area contributed by atoms with Crippen LogP contribution in [-0.2, 0) is 4.74 Å². The Balaban J connectivity index is 1.86. The van der Waals surface area contributed by atoms with Crippen LogP contribution in [0.1, 0.15) is 12.8 Å². The highest BCUT2D eigenvalue weighted by Crippen LogP contribution is 2.34. The molecule has 0 unspecified atom stereocenters. The number of hydrogen-bond acceptors (Lipinski definition) is 5. The summed E-state index contributed by atoms with van der Waals surface area (Å²) >= 11 is 0. The number of nitro groups is 1. The van der Waals surface area contributed by atoms with Crippen LogP contribution < -0.4 is 10.2 Å². The van der Waals surface area contributed by atoms with E-state index >= 15 is 0 Å². The van der Waals surface area contributed by atoms with Gasteiger partial charge in [0.05, 0.1) is 18.1 Å². The summed E-state index contributed by atoms with van der Waals surface area (Å²) in [4.78, 5) is 12.9. The minimum Gasteiger partial charge on any atom is -0.378 e. The van der Waals surface area contributed by atoms with Crippen molar-refractivity contribution in [3.05, 3.63) is 28.3 Å². The van der Waals surface area contributed by atoms with Gasteiger partial charge in [0.25, 0.3) is 5.69 Å². The van der Waals surface area contributed by atoms with E-state index in [-0.39, 0.29) is 10.6 Å². The lowest BCUT2D eigenvalue weighted by Gasteiger charge is -2.29. The minimum atomic E-state index is -0.326. The Labute approximate surface area is 111 Å². The third kappa shape index (κ3) is 2.78. The molecule has 6 nitrogen and oxygen atoms in total. The molecule has 1 aromatic carbocycles. The molecule has 0 spiro atoms. The Morgan fingerprint density at radius 1 is 1.32 bits per heavy atom. The van der Waals surface area contributed by atoms with Gasteiger partial charge in [0, 0.05) is 30.9 Å². The Morgan fingerprint density at radius 3 is 2.68 bits per heavy atom. The van der Waals surface area contributed by atoms with Crippen molar-refractivity contribution >= 4 is 17.1 Å². The first-order valence-corrected chi connectivity index (χ1v) is 6.62. The van der Waals surface area contributed by atoms with Gasteiger partial charge >= 0.3 is 0 Å². The number of rotatable bonds is 4. The molecule has 3 rings (SSSR count). The first-order valence-electron chi connectivity index (χ1n) is 6.62. The van der Waals surface area contributed by atoms with Gasteiger partial charge in [-0.2, -0.15) is 0 Å². The monoisotopic (exact) mass is 263 g/mol. The van der Waals surface area contributed by atoms with Crippen LogP contribution in [0.4, 0.5) is 17.1 Å². The molecule has 1 aliphatic carbocycles. The van der Waals surface area contributed by atoms with E-state index < -0.39 is 0 Å². The first kappa shape index (κ1) is 12.2. The fourth-order valence-corrected chi connectivity index (χ4v) is 2.26. The quantitative estimate of drug-likeness (QED) is 0.664. The number of nitro benzene ring substituents is 1. The van der Waals surface area contributed by atoms with Crippen molar-refractivity contribution in [2.24, 2.45) is 0 Å². The standard InChI is InChI=1S/C13H17N3O3/c17-16(18)13-4-3-11(15-5-7-19-8-6-15)9-12(13)14-10-1-2-10/h3-4,9-10,14H,1-2,5-8H2. The van der Waals surface area contributed by atoms with Gasteiger partial charge in [0.2, 0.25) is 0 Å². The Bertz CT molecular complexity index is 482. The predicted octanol–water partition coefficient (Wildman–Crippen LogP) is 2.01. The summed E-state index contributed by atoms with van der Waals surface area (Å²) in [7, 11) is 0. The molecule has 1 saturated carbocycles. The van der Waals surface area contributed by atoms with Crippen molar-refractivity contribution in [2.45, 2.75) is 18.9 Å². The largest absolute Gasteiger partial charge is 0.378 e. The average molecular weight is 263 g/mol. The third-order valence-corrected chi connectivity index (χ3v) is 3.49. The van der Waals surface area contributed by atoms with Gasteiger partial charge in [0.1, 0.15) is 5.69 Å². The van der Waals surface area contributed by atoms with Crippen LogP contribution in [0.2, 0.25) is 0 Å². The van der Waals surface area contributed by atoms with Crippen LogP contribution in [0.15, 0.2) is 18.2 Å². The molecule has 19 heavy (non-hydrogen) atoms. The number of nitrogens with zero attached hydrogens (tertiary/aromatic N) is 2. The molecule has 102 valence electrons. The fourth-order valence-electron chi connectivity index (χ4n) is 2.26. The van der Waals surface area contributed by atoms with Crippen molar-refractivity contribution in [1.82, 2.24) is 0 Å². The van der Waals surface area contributed by atoms with Gasteiger partial charge in [-0.25, -0.2) is 0 Å². The minimum absolute atomic E-state index is 0.156. The fraction of sp³-hybridized carbons (Fsp3) is 0.538. The average Bonchev–Trinajstić information content (AvgIpc) is 3.23. The van der Waals surface area contributed by atoms with Crippen molar-refractivity contribution in [1.29, 1.82) is 0 Å². The predicted molar refractivity (Wildman–Crippen MR) is 72.8 cm³/mol. The maximum absolute atomic E-state index is 11.0. The first-order chi connectivity index (χ1) is 9.24. The molecular weight excluding hydrogens is 246 g/mol. The number of nitrogens with one attached hydrogen (secondary N) is 1. The van der Waals surface area contributed by atoms with Crippen molar-refractivity contribution in [2.75, 3.05) is 36.5 Å². The van der Waals surface area contributed by atoms with Gasteiger partial charge in [-0.1, -0.05) is 0 Å². The summed E-state index contributed by atoms with van der Waals surface area (Å²) in [6.07, 6.45) is 2.19. The Hall–Kier alpha value is -1.82. The molecule has 0 amide bonds. The lowest BCUT2D eigenvalue weighted by Crippen LogP contribution is -2.36. The normalized spacial score (nSPS) is 19.3. The maximum Gasteiger partial charge on any atom is 0.292 e. The maximum atomic E-state index is 11.0. The highest BCUT2D eigenvalue weighted by Gasteiger charge is 2.25. The van der Waals surface area contributed by atoms with E-state index in [2.05, 4.69) is 10.2 Å². The topological polar surface area (TPSA) is 67.6 Å². The Kier molecular flexibility index (Phi) is 3.25. The van der Waals surface area contributed by atoms with Gasteiger partial charge in [-0.15, -0.1) is 0 Å². The number of morpholine rings is 1. The molecule has 2 aliphatic rings. The van der Waals surface area contributed by atoms with E-state index in [1.165, 1.54) is 0 Å². The molecule has 1 aromatic rings. The number of anilines is 2. The van der Waals surface area contributed by atoms with Crippen LogP contribution in [0, 0.1) is 10.1 Å². The lowest BCUT2D eigenvalue weighted by molar-refractivity contribution is -0.384. The summed E-state index contributed by atoms with van der Waals surface area (Å²) in [5.41, 5.74) is 1.82. The van der Waals surface area contributed by atoms with Crippen molar-refractivity contribution in [3.8, 4) is 0 Å². The van der Waals surface area contributed by atoms with Crippen LogP contribution in [0.3, 0.4) is 0 Å². The second kappa shape index (κ2) is 5.05. The molecule has 0 bridgehead atoms. The Morgan fingerprint density at radius 2 is 2.05 bits per heavy atom. The summed E-state index contributed by atoms with van der Waals surface area (Å²) in [5.74, 6) is 0. The summed E-state index contributed by atoms with van der Waals surface area (Å²) in [6.45, 7) is 3.09. The molecule has 1 aliphatic heterocycles. The molecule has 1 N–H and O–H groups in total. The highest BCUT2D eigenvalue weighted by molar-refractivity contribution is 5.69. The lowest BCUT2D eigenvalue weighted by atomic mass is 10.2. The van der Waals surface area contributed by atoms with Crippen molar-refractivity contribution < 1.29 is 9.66 Å². The van der Waals surface area contributed by atoms with Crippen LogP contribution in [0.25, 0.3) is 0 Å². The summed E-state index contributed by atoms with van der Waals surface area (Å²) in [6, 6.07) is 5.71. The molecule has 1 saturated heterocycles. The number of hydrogen-bond donors (Lipinski definition) is 1. The second-order valence-corrected chi connectivity index (χ2v) is 4.98. The van der Waals surface area contributed by atoms with E-state index in [9.17, 15) is 10.1 Å². The smallest absolute Gasteiger partial charge is 0.292 e. The van der Waals surface area contributed by atoms with Gasteiger partial charge in [0.15, 0.2) is 0 Å². The zero-order valence-corrected chi connectivity index (χ0v) is 10.7. The molecule has 0 radical (unpaired) electrons. The molecule has 0 atom stereocenters. The zero-order valence-electron chi connectivity index (χ0n) is 10.7. The molecular formula is C13H17N3O3. The van der Waals surface area contributed by atoms with E-state index in [1.807, 2.05) is 12.1 Å². The zero-order chi connectivity index (χ0) is 13.2. The molecule has 1 heterocycles. The summed E-state index contributed by atoms with van der Waals surface area (Å²) in [5, 5.41) is 14.3. The van der Waals surface area contributed by atoms with Crippen LogP contribution in [0.5, 0.6) is 0 Å². The van der Waals surface area contributed by atoms with Crippen LogP contribution in [-0.4, -0.2) is 37.3 Å². The number of ether oxygens (including phenoxy) is 1. The SMILES string of the molecule is O=[N+]([O-])c1ccc(N2CCOCC2)cc1NC1CC1. The van der Waals surface area contributed by atoms with Crippen LogP contribution >= 0.6 is 0 Å². The van der Waals surface area contributed by atoms with E-state index in [1.54, 1.807) is 6.07 Å². The highest BCUT2D eigenvalue weighted by atomic mass is 16.6. The van der Waals surface area contributed by atoms with E-state index in [4.69, 9.17) is 4.74 Å². The van der Waals surface area contributed by atoms with Gasteiger partial charge in [-0.3, -0.25) is 10.1 Å². The second-order valence-electron chi connectivity index (χ2n) is 4.98.